The maximum absolute atomic E-state index is 11.7. The largest absolute Gasteiger partial charge is 0.447 e. The fourth-order valence-corrected chi connectivity index (χ4v) is 1.87. The summed E-state index contributed by atoms with van der Waals surface area (Å²) < 4.78 is 10.9. The van der Waals surface area contributed by atoms with Gasteiger partial charge in [-0.2, -0.15) is 0 Å². The zero-order valence-corrected chi connectivity index (χ0v) is 10.2. The van der Waals surface area contributed by atoms with Crippen LogP contribution < -0.4 is 0 Å². The molecule has 4 heteroatoms. The normalized spacial score (nSPS) is 25.5. The molecule has 1 saturated heterocycles. The molecule has 0 bridgehead atoms. The molecule has 1 unspecified atom stereocenters. The van der Waals surface area contributed by atoms with Crippen molar-refractivity contribution in [3.05, 3.63) is 0 Å². The maximum atomic E-state index is 11.7. The van der Waals surface area contributed by atoms with E-state index in [4.69, 9.17) is 9.47 Å². The molecule has 1 amide bonds. The van der Waals surface area contributed by atoms with Crippen LogP contribution in [0.4, 0.5) is 4.79 Å². The first-order chi connectivity index (χ1) is 6.80. The smallest absolute Gasteiger partial charge is 0.410 e. The minimum Gasteiger partial charge on any atom is -0.447 e. The highest BCUT2D eigenvalue weighted by Crippen LogP contribution is 2.21. The van der Waals surface area contributed by atoms with E-state index in [9.17, 15) is 4.79 Å². The summed E-state index contributed by atoms with van der Waals surface area (Å²) in [4.78, 5) is 13.4. The molecule has 1 atom stereocenters. The van der Waals surface area contributed by atoms with Gasteiger partial charge in [-0.15, -0.1) is 0 Å². The molecular weight excluding hydrogens is 194 g/mol. The molecule has 0 saturated carbocycles. The summed E-state index contributed by atoms with van der Waals surface area (Å²) in [5.41, 5.74) is -0.284. The molecule has 0 N–H and O–H groups in total. The Morgan fingerprint density at radius 2 is 2.13 bits per heavy atom. The van der Waals surface area contributed by atoms with Crippen LogP contribution in [0.3, 0.4) is 0 Å². The number of carbonyl (C=O) groups is 1. The summed E-state index contributed by atoms with van der Waals surface area (Å²) in [7, 11) is 0. The number of amides is 1. The average molecular weight is 215 g/mol. The quantitative estimate of drug-likeness (QED) is 0.671. The van der Waals surface area contributed by atoms with E-state index < -0.39 is 0 Å². The zero-order chi connectivity index (χ0) is 11.6. The monoisotopic (exact) mass is 215 g/mol. The van der Waals surface area contributed by atoms with Gasteiger partial charge >= 0.3 is 6.09 Å². The van der Waals surface area contributed by atoms with Gasteiger partial charge < -0.3 is 14.4 Å². The predicted molar refractivity (Wildman–Crippen MR) is 57.8 cm³/mol. The van der Waals surface area contributed by atoms with Gasteiger partial charge in [0.15, 0.2) is 0 Å². The van der Waals surface area contributed by atoms with Crippen LogP contribution in [0.25, 0.3) is 0 Å². The topological polar surface area (TPSA) is 38.8 Å². The molecule has 0 aliphatic carbocycles. The van der Waals surface area contributed by atoms with Gasteiger partial charge in [-0.3, -0.25) is 0 Å². The van der Waals surface area contributed by atoms with Gasteiger partial charge in [0.05, 0.1) is 30.9 Å². The van der Waals surface area contributed by atoms with Gasteiger partial charge in [-0.1, -0.05) is 0 Å². The minimum absolute atomic E-state index is 0.0634. The summed E-state index contributed by atoms with van der Waals surface area (Å²) >= 11 is 0. The van der Waals surface area contributed by atoms with Crippen LogP contribution in [-0.4, -0.2) is 41.9 Å². The fourth-order valence-electron chi connectivity index (χ4n) is 1.87. The van der Waals surface area contributed by atoms with Crippen molar-refractivity contribution in [3.8, 4) is 0 Å². The van der Waals surface area contributed by atoms with E-state index in [1.807, 2.05) is 34.6 Å². The molecule has 15 heavy (non-hydrogen) atoms. The number of ether oxygens (including phenoxy) is 2. The van der Waals surface area contributed by atoms with Crippen LogP contribution in [0, 0.1) is 0 Å². The first-order valence-corrected chi connectivity index (χ1v) is 5.43. The van der Waals surface area contributed by atoms with Gasteiger partial charge in [0.2, 0.25) is 0 Å². The lowest BCUT2D eigenvalue weighted by Crippen LogP contribution is -2.54. The molecule has 0 aromatic heterocycles. The number of hydrogen-bond acceptors (Lipinski definition) is 3. The highest BCUT2D eigenvalue weighted by atomic mass is 16.6. The summed E-state index contributed by atoms with van der Waals surface area (Å²) in [5, 5.41) is 0. The lowest BCUT2D eigenvalue weighted by Gasteiger charge is -2.41. The highest BCUT2D eigenvalue weighted by molar-refractivity contribution is 5.68. The third kappa shape index (κ3) is 3.70. The van der Waals surface area contributed by atoms with Crippen LogP contribution in [-0.2, 0) is 9.47 Å². The van der Waals surface area contributed by atoms with Crippen LogP contribution in [0.5, 0.6) is 0 Å². The van der Waals surface area contributed by atoms with E-state index in [1.54, 1.807) is 4.90 Å². The molecular formula is C11H21NO3. The SMILES string of the molecule is CC(C)OC(=O)N1CC(C)OC(C)(C)C1. The molecule has 0 spiro atoms. The number of morpholine rings is 1. The molecule has 1 rings (SSSR count). The van der Waals surface area contributed by atoms with E-state index >= 15 is 0 Å². The Morgan fingerprint density at radius 1 is 1.53 bits per heavy atom. The lowest BCUT2D eigenvalue weighted by atomic mass is 10.1. The van der Waals surface area contributed by atoms with Gasteiger partial charge in [0.25, 0.3) is 0 Å². The molecule has 1 aliphatic rings. The Labute approximate surface area is 91.5 Å². The number of nitrogens with zero attached hydrogens (tertiary/aromatic N) is 1. The van der Waals surface area contributed by atoms with Crippen LogP contribution in [0.1, 0.15) is 34.6 Å². The van der Waals surface area contributed by atoms with Crippen LogP contribution in [0.15, 0.2) is 0 Å². The van der Waals surface area contributed by atoms with Gasteiger partial charge in [-0.05, 0) is 34.6 Å². The lowest BCUT2D eigenvalue weighted by molar-refractivity contribution is -0.123. The molecule has 4 nitrogen and oxygen atoms in total. The maximum Gasteiger partial charge on any atom is 0.410 e. The molecule has 88 valence electrons. The second kappa shape index (κ2) is 4.39. The van der Waals surface area contributed by atoms with Crippen molar-refractivity contribution in [2.45, 2.75) is 52.4 Å². The van der Waals surface area contributed by atoms with Crippen molar-refractivity contribution < 1.29 is 14.3 Å². The standard InChI is InChI=1S/C11H21NO3/c1-8(2)14-10(13)12-6-9(3)15-11(4,5)7-12/h8-9H,6-7H2,1-5H3. The summed E-state index contributed by atoms with van der Waals surface area (Å²) in [6.07, 6.45) is -0.250. The van der Waals surface area contributed by atoms with E-state index in [1.165, 1.54) is 0 Å². The molecule has 0 radical (unpaired) electrons. The Balaban J connectivity index is 2.58. The first-order valence-electron chi connectivity index (χ1n) is 5.43. The molecule has 1 fully saturated rings. The fraction of sp³-hybridized carbons (Fsp3) is 0.909. The van der Waals surface area contributed by atoms with E-state index in [-0.39, 0.29) is 23.9 Å². The minimum atomic E-state index is -0.284. The zero-order valence-electron chi connectivity index (χ0n) is 10.2. The van der Waals surface area contributed by atoms with Crippen molar-refractivity contribution in [1.29, 1.82) is 0 Å². The second-order valence-electron chi connectivity index (χ2n) is 5.00. The molecule has 1 heterocycles. The van der Waals surface area contributed by atoms with Crippen molar-refractivity contribution in [2.24, 2.45) is 0 Å². The third-order valence-electron chi connectivity index (χ3n) is 2.16. The number of rotatable bonds is 1. The molecule has 1 aliphatic heterocycles. The number of carbonyl (C=O) groups excluding carboxylic acids is 1. The van der Waals surface area contributed by atoms with Gasteiger partial charge in [0.1, 0.15) is 0 Å². The van der Waals surface area contributed by atoms with Crippen molar-refractivity contribution in [3.63, 3.8) is 0 Å². The van der Waals surface area contributed by atoms with Gasteiger partial charge in [-0.25, -0.2) is 4.79 Å². The van der Waals surface area contributed by atoms with E-state index in [0.717, 1.165) is 0 Å². The van der Waals surface area contributed by atoms with Crippen molar-refractivity contribution >= 4 is 6.09 Å². The third-order valence-corrected chi connectivity index (χ3v) is 2.16. The van der Waals surface area contributed by atoms with E-state index in [2.05, 4.69) is 0 Å². The summed E-state index contributed by atoms with van der Waals surface area (Å²) in [6, 6.07) is 0. The predicted octanol–water partition coefficient (Wildman–Crippen LogP) is 2.03. The number of hydrogen-bond donors (Lipinski definition) is 0. The van der Waals surface area contributed by atoms with Crippen LogP contribution in [0.2, 0.25) is 0 Å². The summed E-state index contributed by atoms with van der Waals surface area (Å²) in [6.45, 7) is 10.8. The Bertz CT molecular complexity index is 238. The Morgan fingerprint density at radius 3 is 2.60 bits per heavy atom. The Hall–Kier alpha value is -0.770. The second-order valence-corrected chi connectivity index (χ2v) is 5.00. The van der Waals surface area contributed by atoms with Gasteiger partial charge in [0, 0.05) is 0 Å². The first kappa shape index (κ1) is 12.3. The van der Waals surface area contributed by atoms with Crippen LogP contribution >= 0.6 is 0 Å². The Kier molecular flexibility index (Phi) is 3.60. The average Bonchev–Trinajstić information content (AvgIpc) is 1.98. The summed E-state index contributed by atoms with van der Waals surface area (Å²) in [5.74, 6) is 0. The molecule has 0 aromatic rings. The van der Waals surface area contributed by atoms with Crippen molar-refractivity contribution in [2.75, 3.05) is 13.1 Å². The van der Waals surface area contributed by atoms with E-state index in [0.29, 0.717) is 13.1 Å². The van der Waals surface area contributed by atoms with Crippen molar-refractivity contribution in [1.82, 2.24) is 4.90 Å². The molecule has 0 aromatic carbocycles. The highest BCUT2D eigenvalue weighted by Gasteiger charge is 2.34.